The second-order valence-electron chi connectivity index (χ2n) is 17.9. The molecule has 13 rings (SSSR count). The summed E-state index contributed by atoms with van der Waals surface area (Å²) in [6.07, 6.45) is 2.16. The maximum Gasteiger partial charge on any atom is 0.0470 e. The van der Waals surface area contributed by atoms with E-state index in [0.717, 1.165) is 24.2 Å². The summed E-state index contributed by atoms with van der Waals surface area (Å²) in [6.45, 7) is 4.76. The van der Waals surface area contributed by atoms with Crippen molar-refractivity contribution in [2.24, 2.45) is 0 Å². The Labute approximate surface area is 367 Å². The molecule has 2 heteroatoms. The normalized spacial score (nSPS) is 16.3. The summed E-state index contributed by atoms with van der Waals surface area (Å²) in [5, 5.41) is 2.65. The van der Waals surface area contributed by atoms with Crippen molar-refractivity contribution in [1.82, 2.24) is 0 Å². The summed E-state index contributed by atoms with van der Waals surface area (Å²) >= 11 is 1.89. The van der Waals surface area contributed by atoms with Gasteiger partial charge in [-0.05, 0) is 133 Å². The van der Waals surface area contributed by atoms with E-state index >= 15 is 0 Å². The lowest BCUT2D eigenvalue weighted by Crippen LogP contribution is -2.24. The van der Waals surface area contributed by atoms with E-state index in [9.17, 15) is 0 Å². The Morgan fingerprint density at radius 2 is 0.968 bits per heavy atom. The van der Waals surface area contributed by atoms with E-state index in [0.29, 0.717) is 0 Å². The largest absolute Gasteiger partial charge is 0.310 e. The maximum absolute atomic E-state index is 2.51. The van der Waals surface area contributed by atoms with Crippen molar-refractivity contribution in [3.8, 4) is 44.5 Å². The van der Waals surface area contributed by atoms with E-state index in [1.807, 2.05) is 11.3 Å². The van der Waals surface area contributed by atoms with Crippen LogP contribution >= 0.6 is 11.3 Å². The highest BCUT2D eigenvalue weighted by Crippen LogP contribution is 2.59. The van der Waals surface area contributed by atoms with Crippen LogP contribution in [-0.2, 0) is 17.3 Å². The van der Waals surface area contributed by atoms with Gasteiger partial charge in [0, 0.05) is 48.1 Å². The van der Waals surface area contributed by atoms with Gasteiger partial charge in [-0.25, -0.2) is 0 Å². The number of fused-ring (bicyclic) bond motifs is 13. The molecule has 9 aromatic carbocycles. The topological polar surface area (TPSA) is 3.24 Å². The Hall–Kier alpha value is -7.00. The molecule has 0 fully saturated rings. The number of anilines is 3. The highest BCUT2D eigenvalue weighted by Gasteiger charge is 2.48. The number of aryl methyl sites for hydroxylation is 1. The second-order valence-corrected chi connectivity index (χ2v) is 19.0. The fraction of sp³-hybridized carbons (Fsp3) is 0.100. The van der Waals surface area contributed by atoms with Crippen LogP contribution in [0.4, 0.5) is 17.1 Å². The number of thiophene rings is 1. The van der Waals surface area contributed by atoms with Crippen molar-refractivity contribution in [2.45, 2.75) is 37.5 Å². The standard InChI is InChI=1S/C60H43NS/c1-59(2)53-22-8-4-15-47(53)50-19-11-17-44(57(50)59)38-25-29-41(30-26-38)61(42-31-27-39(28-32-42)45-18-12-20-51-49-16-6-10-24-56(49)62-58(45)51)43-33-34-48-46-14-5-9-23-54(46)60(55(48)37-43)36-35-40-13-3-7-21-52(40)60/h3-34,37H,35-36H2,1-2H3. The smallest absolute Gasteiger partial charge is 0.0470 e. The Morgan fingerprint density at radius 1 is 0.419 bits per heavy atom. The van der Waals surface area contributed by atoms with Crippen LogP contribution in [0, 0.1) is 0 Å². The molecule has 0 aliphatic heterocycles. The van der Waals surface area contributed by atoms with Gasteiger partial charge >= 0.3 is 0 Å². The number of nitrogens with zero attached hydrogens (tertiary/aromatic N) is 1. The molecule has 0 radical (unpaired) electrons. The van der Waals surface area contributed by atoms with E-state index < -0.39 is 0 Å². The van der Waals surface area contributed by atoms with Gasteiger partial charge < -0.3 is 4.90 Å². The summed E-state index contributed by atoms with van der Waals surface area (Å²) in [5.41, 5.74) is 22.3. The van der Waals surface area contributed by atoms with Crippen molar-refractivity contribution < 1.29 is 0 Å². The molecule has 294 valence electrons. The van der Waals surface area contributed by atoms with Gasteiger partial charge in [-0.3, -0.25) is 0 Å². The maximum atomic E-state index is 2.51. The summed E-state index contributed by atoms with van der Waals surface area (Å²) in [5.74, 6) is 0. The molecular formula is C60H43NS. The molecular weight excluding hydrogens is 767 g/mol. The molecule has 1 unspecified atom stereocenters. The first kappa shape index (κ1) is 35.7. The third-order valence-electron chi connectivity index (χ3n) is 14.5. The van der Waals surface area contributed by atoms with Gasteiger partial charge in [0.2, 0.25) is 0 Å². The zero-order valence-corrected chi connectivity index (χ0v) is 35.6. The van der Waals surface area contributed by atoms with Gasteiger partial charge in [-0.15, -0.1) is 11.3 Å². The molecule has 62 heavy (non-hydrogen) atoms. The zero-order chi connectivity index (χ0) is 41.2. The molecule has 3 aliphatic carbocycles. The van der Waals surface area contributed by atoms with Crippen molar-refractivity contribution >= 4 is 48.6 Å². The molecule has 1 atom stereocenters. The molecule has 1 spiro atoms. The van der Waals surface area contributed by atoms with Crippen molar-refractivity contribution in [3.05, 3.63) is 234 Å². The minimum atomic E-state index is -0.168. The molecule has 0 amide bonds. The van der Waals surface area contributed by atoms with Gasteiger partial charge in [0.15, 0.2) is 0 Å². The average Bonchev–Trinajstić information content (AvgIpc) is 4.05. The molecule has 0 saturated heterocycles. The first-order valence-electron chi connectivity index (χ1n) is 22.0. The third-order valence-corrected chi connectivity index (χ3v) is 15.7. The van der Waals surface area contributed by atoms with Gasteiger partial charge in [0.25, 0.3) is 0 Å². The lowest BCUT2D eigenvalue weighted by molar-refractivity contribution is 0.626. The molecule has 1 nitrogen and oxygen atoms in total. The number of hydrogen-bond donors (Lipinski definition) is 0. The van der Waals surface area contributed by atoms with Crippen LogP contribution in [0.5, 0.6) is 0 Å². The van der Waals surface area contributed by atoms with E-state index in [1.165, 1.54) is 104 Å². The van der Waals surface area contributed by atoms with E-state index in [1.54, 1.807) is 0 Å². The number of rotatable bonds is 5. The molecule has 10 aromatic rings. The summed E-state index contributed by atoms with van der Waals surface area (Å²) in [7, 11) is 0. The lowest BCUT2D eigenvalue weighted by Gasteiger charge is -2.31. The van der Waals surface area contributed by atoms with Crippen LogP contribution in [0.1, 0.15) is 53.6 Å². The highest BCUT2D eigenvalue weighted by atomic mass is 32.1. The Balaban J connectivity index is 0.964. The van der Waals surface area contributed by atoms with E-state index in [-0.39, 0.29) is 10.8 Å². The van der Waals surface area contributed by atoms with Gasteiger partial charge in [0.05, 0.1) is 0 Å². The van der Waals surface area contributed by atoms with E-state index in [2.05, 4.69) is 219 Å². The summed E-state index contributed by atoms with van der Waals surface area (Å²) in [4.78, 5) is 2.47. The van der Waals surface area contributed by atoms with E-state index in [4.69, 9.17) is 0 Å². The van der Waals surface area contributed by atoms with Crippen molar-refractivity contribution in [3.63, 3.8) is 0 Å². The summed E-state index contributed by atoms with van der Waals surface area (Å²) in [6, 6.07) is 75.5. The van der Waals surface area contributed by atoms with Gasteiger partial charge in [-0.2, -0.15) is 0 Å². The van der Waals surface area contributed by atoms with Gasteiger partial charge in [-0.1, -0.05) is 172 Å². The average molecular weight is 810 g/mol. The molecule has 1 aromatic heterocycles. The minimum Gasteiger partial charge on any atom is -0.310 e. The molecule has 1 heterocycles. The van der Waals surface area contributed by atoms with Crippen LogP contribution in [-0.4, -0.2) is 0 Å². The minimum absolute atomic E-state index is 0.0913. The molecule has 0 saturated carbocycles. The molecule has 0 bridgehead atoms. The first-order chi connectivity index (χ1) is 30.5. The first-order valence-corrected chi connectivity index (χ1v) is 22.8. The fourth-order valence-electron chi connectivity index (χ4n) is 11.8. The third kappa shape index (κ3) is 4.96. The van der Waals surface area contributed by atoms with Crippen LogP contribution in [0.15, 0.2) is 200 Å². The Bertz CT molecular complexity index is 3440. The lowest BCUT2D eigenvalue weighted by atomic mass is 9.73. The highest BCUT2D eigenvalue weighted by molar-refractivity contribution is 7.26. The Morgan fingerprint density at radius 3 is 1.76 bits per heavy atom. The summed E-state index contributed by atoms with van der Waals surface area (Å²) < 4.78 is 2.67. The SMILES string of the molecule is CC1(C)c2ccccc2-c2cccc(-c3ccc(N(c4ccc(-c5cccc6c5sc5ccccc56)cc4)c4ccc5c(c4)C4(CCc6ccccc64)c4ccccc4-5)cc3)c21. The predicted octanol–water partition coefficient (Wildman–Crippen LogP) is 16.4. The van der Waals surface area contributed by atoms with Crippen LogP contribution < -0.4 is 4.90 Å². The van der Waals surface area contributed by atoms with Crippen molar-refractivity contribution in [1.29, 1.82) is 0 Å². The second kappa shape index (κ2) is 13.2. The van der Waals surface area contributed by atoms with Gasteiger partial charge in [0.1, 0.15) is 0 Å². The van der Waals surface area contributed by atoms with Crippen molar-refractivity contribution in [2.75, 3.05) is 4.90 Å². The number of hydrogen-bond acceptors (Lipinski definition) is 2. The van der Waals surface area contributed by atoms with Crippen LogP contribution in [0.3, 0.4) is 0 Å². The van der Waals surface area contributed by atoms with Crippen LogP contribution in [0.25, 0.3) is 64.7 Å². The van der Waals surface area contributed by atoms with Crippen LogP contribution in [0.2, 0.25) is 0 Å². The zero-order valence-electron chi connectivity index (χ0n) is 34.8. The Kier molecular flexibility index (Phi) is 7.63. The fourth-order valence-corrected chi connectivity index (χ4v) is 13.0. The molecule has 3 aliphatic rings. The molecule has 0 N–H and O–H groups in total. The predicted molar refractivity (Wildman–Crippen MR) is 263 cm³/mol. The quantitative estimate of drug-likeness (QED) is 0.167. The monoisotopic (exact) mass is 809 g/mol. The number of benzene rings is 9.